The number of amides is 1. The number of phenols is 1. The number of benzene rings is 2. The highest BCUT2D eigenvalue weighted by atomic mass is 16.3. The van der Waals surface area contributed by atoms with Crippen LogP contribution in [0.4, 0.5) is 0 Å². The van der Waals surface area contributed by atoms with E-state index in [2.05, 4.69) is 48.4 Å². The molecule has 2 aromatic rings. The third-order valence-corrected chi connectivity index (χ3v) is 6.34. The first kappa shape index (κ1) is 23.0. The third-order valence-electron chi connectivity index (χ3n) is 6.34. The van der Waals surface area contributed by atoms with Crippen molar-refractivity contribution in [1.29, 1.82) is 0 Å². The van der Waals surface area contributed by atoms with Gasteiger partial charge in [-0.15, -0.1) is 6.58 Å². The molecule has 5 heteroatoms. The molecule has 1 N–H and O–H groups in total. The zero-order valence-electron chi connectivity index (χ0n) is 19.2. The van der Waals surface area contributed by atoms with Crippen LogP contribution in [0.2, 0.25) is 0 Å². The van der Waals surface area contributed by atoms with Gasteiger partial charge in [-0.05, 0) is 56.2 Å². The molecule has 0 saturated carbocycles. The molecule has 2 aromatic carbocycles. The van der Waals surface area contributed by atoms with E-state index in [1.165, 1.54) is 0 Å². The lowest BCUT2D eigenvalue weighted by Gasteiger charge is -2.47. The Morgan fingerprint density at radius 2 is 1.87 bits per heavy atom. The van der Waals surface area contributed by atoms with Crippen molar-refractivity contribution in [2.75, 3.05) is 33.2 Å². The standard InChI is InChI=1S/C26H35N3O2/c1-6-15-28-17-20(4)29(18-19(28)3)25(23-9-8-10-24(30)16-23)21-11-13-22(14-12-21)26(31)27(5)7-2/h6,8-14,16,19-20,25,30H,1,7,15,17-18H2,2-5H3/t19?,20-,25?/m1/s1. The van der Waals surface area contributed by atoms with Gasteiger partial charge in [0.15, 0.2) is 0 Å². The molecule has 1 saturated heterocycles. The second-order valence-electron chi connectivity index (χ2n) is 8.58. The van der Waals surface area contributed by atoms with E-state index in [0.29, 0.717) is 24.2 Å². The van der Waals surface area contributed by atoms with Crippen molar-refractivity contribution in [2.45, 2.75) is 38.9 Å². The summed E-state index contributed by atoms with van der Waals surface area (Å²) in [4.78, 5) is 19.2. The van der Waals surface area contributed by atoms with Gasteiger partial charge < -0.3 is 10.0 Å². The molecule has 0 aromatic heterocycles. The summed E-state index contributed by atoms with van der Waals surface area (Å²) >= 11 is 0. The Morgan fingerprint density at radius 3 is 2.48 bits per heavy atom. The number of aromatic hydroxyl groups is 1. The molecule has 1 fully saturated rings. The Morgan fingerprint density at radius 1 is 1.16 bits per heavy atom. The quantitative estimate of drug-likeness (QED) is 0.682. The molecular weight excluding hydrogens is 386 g/mol. The molecule has 0 spiro atoms. The first-order valence-electron chi connectivity index (χ1n) is 11.1. The Balaban J connectivity index is 1.96. The number of piperazine rings is 1. The summed E-state index contributed by atoms with van der Waals surface area (Å²) in [6.07, 6.45) is 1.97. The number of nitrogens with zero attached hydrogens (tertiary/aromatic N) is 3. The molecule has 5 nitrogen and oxygen atoms in total. The summed E-state index contributed by atoms with van der Waals surface area (Å²) in [7, 11) is 1.82. The average molecular weight is 422 g/mol. The van der Waals surface area contributed by atoms with Crippen molar-refractivity contribution in [1.82, 2.24) is 14.7 Å². The minimum atomic E-state index is 0.00323. The monoisotopic (exact) mass is 421 g/mol. The van der Waals surface area contributed by atoms with Crippen LogP contribution in [-0.4, -0.2) is 71.0 Å². The van der Waals surface area contributed by atoms with Gasteiger partial charge in [-0.1, -0.05) is 30.3 Å². The highest BCUT2D eigenvalue weighted by molar-refractivity contribution is 5.94. The molecule has 0 radical (unpaired) electrons. The molecule has 1 amide bonds. The van der Waals surface area contributed by atoms with Gasteiger partial charge in [0.1, 0.15) is 5.75 Å². The minimum absolute atomic E-state index is 0.00323. The largest absolute Gasteiger partial charge is 0.508 e. The number of phenolic OH excluding ortho intramolecular Hbond substituents is 1. The van der Waals surface area contributed by atoms with Gasteiger partial charge in [0.05, 0.1) is 6.04 Å². The van der Waals surface area contributed by atoms with Crippen LogP contribution in [-0.2, 0) is 0 Å². The summed E-state index contributed by atoms with van der Waals surface area (Å²) < 4.78 is 0. The fourth-order valence-electron chi connectivity index (χ4n) is 4.45. The Labute approximate surface area is 186 Å². The predicted molar refractivity (Wildman–Crippen MR) is 126 cm³/mol. The lowest BCUT2D eigenvalue weighted by atomic mass is 9.92. The lowest BCUT2D eigenvalue weighted by Crippen LogP contribution is -2.57. The average Bonchev–Trinajstić information content (AvgIpc) is 2.77. The van der Waals surface area contributed by atoms with Gasteiger partial charge in [0.2, 0.25) is 0 Å². The van der Waals surface area contributed by atoms with Crippen LogP contribution in [0.3, 0.4) is 0 Å². The highest BCUT2D eigenvalue weighted by Crippen LogP contribution is 2.34. The first-order chi connectivity index (χ1) is 14.8. The van der Waals surface area contributed by atoms with Crippen LogP contribution < -0.4 is 0 Å². The number of rotatable bonds is 7. The van der Waals surface area contributed by atoms with E-state index in [1.807, 2.05) is 44.3 Å². The molecule has 0 bridgehead atoms. The van der Waals surface area contributed by atoms with Crippen molar-refractivity contribution in [3.05, 3.63) is 77.9 Å². The Kier molecular flexibility index (Phi) is 7.52. The fourth-order valence-corrected chi connectivity index (χ4v) is 4.45. The van der Waals surface area contributed by atoms with Gasteiger partial charge in [-0.25, -0.2) is 0 Å². The number of carbonyl (C=O) groups excluding carboxylic acids is 1. The normalized spacial score (nSPS) is 20.9. The molecule has 1 heterocycles. The topological polar surface area (TPSA) is 47.0 Å². The number of hydrogen-bond donors (Lipinski definition) is 1. The smallest absolute Gasteiger partial charge is 0.253 e. The molecule has 0 aliphatic carbocycles. The van der Waals surface area contributed by atoms with Crippen molar-refractivity contribution in [3.63, 3.8) is 0 Å². The molecule has 31 heavy (non-hydrogen) atoms. The van der Waals surface area contributed by atoms with E-state index in [4.69, 9.17) is 0 Å². The second kappa shape index (κ2) is 10.1. The molecule has 3 rings (SSSR count). The highest BCUT2D eigenvalue weighted by Gasteiger charge is 2.34. The van der Waals surface area contributed by atoms with Crippen LogP contribution in [0.25, 0.3) is 0 Å². The maximum atomic E-state index is 12.5. The molecule has 1 aliphatic rings. The zero-order valence-corrected chi connectivity index (χ0v) is 19.2. The van der Waals surface area contributed by atoms with Gasteiger partial charge in [0.25, 0.3) is 5.91 Å². The summed E-state index contributed by atoms with van der Waals surface area (Å²) in [5, 5.41) is 10.2. The number of carbonyl (C=O) groups is 1. The van der Waals surface area contributed by atoms with Gasteiger partial charge in [-0.3, -0.25) is 14.6 Å². The first-order valence-corrected chi connectivity index (χ1v) is 11.1. The number of hydrogen-bond acceptors (Lipinski definition) is 4. The molecule has 3 atom stereocenters. The van der Waals surface area contributed by atoms with Crippen LogP contribution >= 0.6 is 0 Å². The van der Waals surface area contributed by atoms with E-state index in [0.717, 1.165) is 30.8 Å². The molecule has 166 valence electrons. The van der Waals surface area contributed by atoms with Crippen molar-refractivity contribution in [3.8, 4) is 5.75 Å². The Bertz CT molecular complexity index is 896. The summed E-state index contributed by atoms with van der Waals surface area (Å²) in [5.41, 5.74) is 2.87. The lowest BCUT2D eigenvalue weighted by molar-refractivity contribution is 0.0306. The third kappa shape index (κ3) is 5.17. The molecule has 1 aliphatic heterocycles. The van der Waals surface area contributed by atoms with Crippen LogP contribution in [0.5, 0.6) is 5.75 Å². The summed E-state index contributed by atoms with van der Waals surface area (Å²) in [6, 6.07) is 16.2. The Hall–Kier alpha value is -2.63. The van der Waals surface area contributed by atoms with E-state index < -0.39 is 0 Å². The van der Waals surface area contributed by atoms with E-state index in [9.17, 15) is 9.90 Å². The van der Waals surface area contributed by atoms with Gasteiger partial charge in [-0.2, -0.15) is 0 Å². The van der Waals surface area contributed by atoms with E-state index in [-0.39, 0.29) is 17.7 Å². The van der Waals surface area contributed by atoms with Crippen molar-refractivity contribution < 1.29 is 9.90 Å². The fraction of sp³-hybridized carbons (Fsp3) is 0.423. The summed E-state index contributed by atoms with van der Waals surface area (Å²) in [6.45, 7) is 13.8. The summed E-state index contributed by atoms with van der Waals surface area (Å²) in [5.74, 6) is 0.299. The molecule has 2 unspecified atom stereocenters. The molecular formula is C26H35N3O2. The zero-order chi connectivity index (χ0) is 22.5. The van der Waals surface area contributed by atoms with Crippen molar-refractivity contribution in [2.24, 2.45) is 0 Å². The van der Waals surface area contributed by atoms with Crippen molar-refractivity contribution >= 4 is 5.91 Å². The van der Waals surface area contributed by atoms with Gasteiger partial charge in [0, 0.05) is 50.9 Å². The maximum Gasteiger partial charge on any atom is 0.253 e. The predicted octanol–water partition coefficient (Wildman–Crippen LogP) is 4.15. The van der Waals surface area contributed by atoms with Crippen LogP contribution in [0, 0.1) is 0 Å². The second-order valence-corrected chi connectivity index (χ2v) is 8.58. The van der Waals surface area contributed by atoms with Gasteiger partial charge >= 0.3 is 0 Å². The van der Waals surface area contributed by atoms with E-state index >= 15 is 0 Å². The SMILES string of the molecule is C=CCN1C[C@@H](C)N(C(c2ccc(C(=O)N(C)CC)cc2)c2cccc(O)c2)CC1C. The van der Waals surface area contributed by atoms with Crippen LogP contribution in [0.1, 0.15) is 48.3 Å². The van der Waals surface area contributed by atoms with Crippen LogP contribution in [0.15, 0.2) is 61.2 Å². The maximum absolute atomic E-state index is 12.5. The minimum Gasteiger partial charge on any atom is -0.508 e. The van der Waals surface area contributed by atoms with E-state index in [1.54, 1.807) is 11.0 Å².